The molecule has 0 spiro atoms. The zero-order chi connectivity index (χ0) is 19.2. The first-order chi connectivity index (χ1) is 13.0. The third kappa shape index (κ3) is 5.39. The van der Waals surface area contributed by atoms with Gasteiger partial charge in [0, 0.05) is 51.6 Å². The van der Waals surface area contributed by atoms with Gasteiger partial charge in [-0.3, -0.25) is 19.3 Å². The molecule has 0 radical (unpaired) electrons. The Morgan fingerprint density at radius 1 is 1.04 bits per heavy atom. The Kier molecular flexibility index (Phi) is 7.01. The van der Waals surface area contributed by atoms with Gasteiger partial charge in [-0.25, -0.2) is 0 Å². The fraction of sp³-hybridized carbons (Fsp3) is 0.650. The van der Waals surface area contributed by atoms with Gasteiger partial charge < -0.3 is 9.80 Å². The highest BCUT2D eigenvalue weighted by molar-refractivity contribution is 7.12. The van der Waals surface area contributed by atoms with E-state index in [0.29, 0.717) is 25.7 Å². The molecule has 0 N–H and O–H groups in total. The largest absolute Gasteiger partial charge is 0.340 e. The van der Waals surface area contributed by atoms with Crippen LogP contribution in [-0.4, -0.2) is 77.6 Å². The van der Waals surface area contributed by atoms with E-state index in [1.165, 1.54) is 17.8 Å². The molecule has 3 heterocycles. The van der Waals surface area contributed by atoms with Gasteiger partial charge in [0.25, 0.3) is 0 Å². The second kappa shape index (κ2) is 9.46. The summed E-state index contributed by atoms with van der Waals surface area (Å²) in [6, 6.07) is 4.00. The normalized spacial score (nSPS) is 21.3. The van der Waals surface area contributed by atoms with Gasteiger partial charge in [-0.15, -0.1) is 11.3 Å². The molecule has 7 heteroatoms. The van der Waals surface area contributed by atoms with Crippen LogP contribution in [0, 0.1) is 0 Å². The number of Topliss-reactive ketones (excluding diaryl/α,β-unsaturated/α-hetero) is 1. The van der Waals surface area contributed by atoms with Crippen molar-refractivity contribution in [2.45, 2.75) is 45.1 Å². The predicted molar refractivity (Wildman–Crippen MR) is 106 cm³/mol. The van der Waals surface area contributed by atoms with Crippen molar-refractivity contribution >= 4 is 28.9 Å². The van der Waals surface area contributed by atoms with Gasteiger partial charge >= 0.3 is 0 Å². The van der Waals surface area contributed by atoms with Crippen LogP contribution in [0.1, 0.15) is 48.7 Å². The molecule has 0 bridgehead atoms. The first kappa shape index (κ1) is 20.0. The molecule has 1 atom stereocenters. The van der Waals surface area contributed by atoms with E-state index in [4.69, 9.17) is 0 Å². The molecular weight excluding hydrogens is 362 g/mol. The summed E-state index contributed by atoms with van der Waals surface area (Å²) < 4.78 is 0. The number of nitrogens with zero attached hydrogens (tertiary/aromatic N) is 3. The lowest BCUT2D eigenvalue weighted by atomic mass is 10.0. The molecule has 6 nitrogen and oxygen atoms in total. The molecule has 2 fully saturated rings. The molecule has 2 saturated heterocycles. The molecule has 1 unspecified atom stereocenters. The molecule has 2 amide bonds. The Bertz CT molecular complexity index is 653. The van der Waals surface area contributed by atoms with E-state index in [2.05, 4.69) is 11.8 Å². The van der Waals surface area contributed by atoms with E-state index < -0.39 is 0 Å². The number of amides is 2. The number of piperidine rings is 1. The maximum atomic E-state index is 12.5. The van der Waals surface area contributed by atoms with Crippen LogP contribution in [0.5, 0.6) is 0 Å². The average molecular weight is 392 g/mol. The van der Waals surface area contributed by atoms with Crippen molar-refractivity contribution in [3.63, 3.8) is 0 Å². The zero-order valence-electron chi connectivity index (χ0n) is 16.1. The lowest BCUT2D eigenvalue weighted by Gasteiger charge is -2.38. The number of likely N-dealkylation sites (tertiary alicyclic amines) is 1. The molecule has 0 aliphatic carbocycles. The van der Waals surface area contributed by atoms with E-state index in [9.17, 15) is 14.4 Å². The van der Waals surface area contributed by atoms with Crippen LogP contribution < -0.4 is 0 Å². The molecule has 3 rings (SSSR count). The monoisotopic (exact) mass is 391 g/mol. The quantitative estimate of drug-likeness (QED) is 0.698. The first-order valence-electron chi connectivity index (χ1n) is 9.91. The van der Waals surface area contributed by atoms with Crippen LogP contribution in [0.3, 0.4) is 0 Å². The summed E-state index contributed by atoms with van der Waals surface area (Å²) in [5, 5.41) is 1.88. The fourth-order valence-electron chi connectivity index (χ4n) is 3.85. The Morgan fingerprint density at radius 2 is 1.81 bits per heavy atom. The minimum absolute atomic E-state index is 0.0375. The van der Waals surface area contributed by atoms with Gasteiger partial charge in [0.05, 0.1) is 11.4 Å². The summed E-state index contributed by atoms with van der Waals surface area (Å²) in [4.78, 5) is 43.7. The number of thiophene rings is 1. The number of piperazine rings is 1. The van der Waals surface area contributed by atoms with Crippen molar-refractivity contribution in [1.29, 1.82) is 0 Å². The summed E-state index contributed by atoms with van der Waals surface area (Å²) in [5.74, 6) is 0.289. The highest BCUT2D eigenvalue weighted by Gasteiger charge is 2.27. The Hall–Kier alpha value is -1.73. The first-order valence-corrected chi connectivity index (χ1v) is 10.8. The number of ketones is 1. The summed E-state index contributed by atoms with van der Waals surface area (Å²) in [7, 11) is 0. The van der Waals surface area contributed by atoms with Crippen molar-refractivity contribution in [1.82, 2.24) is 14.7 Å². The van der Waals surface area contributed by atoms with Crippen molar-refractivity contribution in [2.24, 2.45) is 0 Å². The van der Waals surface area contributed by atoms with Crippen LogP contribution in [0.15, 0.2) is 17.5 Å². The molecule has 148 valence electrons. The van der Waals surface area contributed by atoms with Gasteiger partial charge in [0.15, 0.2) is 5.78 Å². The molecule has 2 aliphatic rings. The minimum atomic E-state index is 0.0375. The average Bonchev–Trinajstić information content (AvgIpc) is 3.21. The molecule has 1 aromatic heterocycles. The maximum absolute atomic E-state index is 12.5. The van der Waals surface area contributed by atoms with E-state index in [-0.39, 0.29) is 30.4 Å². The van der Waals surface area contributed by atoms with Crippen LogP contribution in [0.4, 0.5) is 0 Å². The summed E-state index contributed by atoms with van der Waals surface area (Å²) >= 11 is 1.42. The third-order valence-electron chi connectivity index (χ3n) is 5.57. The van der Waals surface area contributed by atoms with Crippen LogP contribution >= 0.6 is 11.3 Å². The van der Waals surface area contributed by atoms with Crippen molar-refractivity contribution in [3.8, 4) is 0 Å². The van der Waals surface area contributed by atoms with E-state index in [0.717, 1.165) is 37.4 Å². The Balaban J connectivity index is 1.38. The van der Waals surface area contributed by atoms with E-state index in [1.807, 2.05) is 21.2 Å². The summed E-state index contributed by atoms with van der Waals surface area (Å²) in [6.45, 7) is 6.16. The molecular formula is C20H29N3O3S. The van der Waals surface area contributed by atoms with E-state index >= 15 is 0 Å². The number of hydrogen-bond donors (Lipinski definition) is 0. The topological polar surface area (TPSA) is 60.9 Å². The molecule has 1 aromatic rings. The Labute approximate surface area is 165 Å². The summed E-state index contributed by atoms with van der Waals surface area (Å²) in [6.07, 6.45) is 3.94. The fourth-order valence-corrected chi connectivity index (χ4v) is 4.54. The number of carbonyl (C=O) groups excluding carboxylic acids is 3. The Morgan fingerprint density at radius 3 is 2.48 bits per heavy atom. The van der Waals surface area contributed by atoms with Crippen molar-refractivity contribution in [3.05, 3.63) is 22.4 Å². The SMILES string of the molecule is CC1CCCCN1C(=O)CN1CCN(C(=O)CCC(=O)c2cccs2)CC1. The lowest BCUT2D eigenvalue weighted by molar-refractivity contribution is -0.137. The van der Waals surface area contributed by atoms with E-state index in [1.54, 1.807) is 6.07 Å². The minimum Gasteiger partial charge on any atom is -0.340 e. The predicted octanol–water partition coefficient (Wildman–Crippen LogP) is 2.26. The van der Waals surface area contributed by atoms with Crippen LogP contribution in [0.25, 0.3) is 0 Å². The van der Waals surface area contributed by atoms with Gasteiger partial charge in [0.2, 0.25) is 11.8 Å². The number of hydrogen-bond acceptors (Lipinski definition) is 5. The smallest absolute Gasteiger partial charge is 0.236 e. The lowest BCUT2D eigenvalue weighted by Crippen LogP contribution is -2.53. The van der Waals surface area contributed by atoms with Crippen LogP contribution in [-0.2, 0) is 9.59 Å². The standard InChI is InChI=1S/C20H29N3O3S/c1-16-5-2-3-9-23(16)20(26)15-21-10-12-22(13-11-21)19(25)8-7-17(24)18-6-4-14-27-18/h4,6,14,16H,2-3,5,7-13,15H2,1H3. The third-order valence-corrected chi connectivity index (χ3v) is 6.48. The highest BCUT2D eigenvalue weighted by atomic mass is 32.1. The number of carbonyl (C=O) groups is 3. The van der Waals surface area contributed by atoms with Crippen molar-refractivity contribution < 1.29 is 14.4 Å². The second-order valence-electron chi connectivity index (χ2n) is 7.49. The molecule has 27 heavy (non-hydrogen) atoms. The zero-order valence-corrected chi connectivity index (χ0v) is 16.9. The highest BCUT2D eigenvalue weighted by Crippen LogP contribution is 2.17. The van der Waals surface area contributed by atoms with Gasteiger partial charge in [-0.2, -0.15) is 0 Å². The molecule has 2 aliphatic heterocycles. The van der Waals surface area contributed by atoms with Gasteiger partial charge in [0.1, 0.15) is 0 Å². The molecule has 0 saturated carbocycles. The second-order valence-corrected chi connectivity index (χ2v) is 8.44. The van der Waals surface area contributed by atoms with Crippen molar-refractivity contribution in [2.75, 3.05) is 39.3 Å². The molecule has 0 aromatic carbocycles. The number of rotatable bonds is 6. The summed E-state index contributed by atoms with van der Waals surface area (Å²) in [5.41, 5.74) is 0. The van der Waals surface area contributed by atoms with Gasteiger partial charge in [-0.1, -0.05) is 6.07 Å². The maximum Gasteiger partial charge on any atom is 0.236 e. The van der Waals surface area contributed by atoms with Crippen LogP contribution in [0.2, 0.25) is 0 Å². The van der Waals surface area contributed by atoms with Gasteiger partial charge in [-0.05, 0) is 37.6 Å².